The summed E-state index contributed by atoms with van der Waals surface area (Å²) in [6.07, 6.45) is 3.93. The first-order chi connectivity index (χ1) is 14.1. The zero-order valence-electron chi connectivity index (χ0n) is 16.3. The molecule has 3 rings (SSSR count). The minimum Gasteiger partial charge on any atom is -0.484 e. The highest BCUT2D eigenvalue weighted by Gasteiger charge is 2.28. The number of para-hydroxylation sites is 1. The van der Waals surface area contributed by atoms with Gasteiger partial charge in [-0.3, -0.25) is 9.59 Å². The summed E-state index contributed by atoms with van der Waals surface area (Å²) in [5.41, 5.74) is 1.87. The molecule has 2 aromatic carbocycles. The Morgan fingerprint density at radius 1 is 1.24 bits per heavy atom. The maximum atomic E-state index is 13.4. The zero-order chi connectivity index (χ0) is 20.6. The maximum Gasteiger partial charge on any atom is 0.258 e. The number of rotatable bonds is 9. The minimum atomic E-state index is -0.640. The van der Waals surface area contributed by atoms with Crippen molar-refractivity contribution < 1.29 is 18.7 Å². The van der Waals surface area contributed by atoms with Gasteiger partial charge in [0.25, 0.3) is 5.91 Å². The van der Waals surface area contributed by atoms with E-state index >= 15 is 0 Å². The summed E-state index contributed by atoms with van der Waals surface area (Å²) >= 11 is 1.61. The van der Waals surface area contributed by atoms with Crippen molar-refractivity contribution in [3.05, 3.63) is 65.5 Å². The molecule has 154 valence electrons. The Kier molecular flexibility index (Phi) is 7.52. The number of hydrogen-bond donors (Lipinski definition) is 2. The third-order valence-electron chi connectivity index (χ3n) is 4.87. The Labute approximate surface area is 174 Å². The summed E-state index contributed by atoms with van der Waals surface area (Å²) in [5.74, 6) is 0.504. The number of carbonyl (C=O) groups is 2. The molecule has 5 nitrogen and oxygen atoms in total. The molecule has 1 aliphatic rings. The zero-order valence-corrected chi connectivity index (χ0v) is 17.1. The Bertz CT molecular complexity index is 847. The van der Waals surface area contributed by atoms with Crippen LogP contribution in [0.4, 0.5) is 4.39 Å². The van der Waals surface area contributed by atoms with Crippen LogP contribution in [-0.2, 0) is 16.0 Å². The molecule has 0 saturated carbocycles. The van der Waals surface area contributed by atoms with Gasteiger partial charge in [-0.25, -0.2) is 4.39 Å². The van der Waals surface area contributed by atoms with Gasteiger partial charge in [0.1, 0.15) is 17.6 Å². The van der Waals surface area contributed by atoms with Crippen molar-refractivity contribution in [3.63, 3.8) is 0 Å². The van der Waals surface area contributed by atoms with Gasteiger partial charge in [-0.15, -0.1) is 0 Å². The van der Waals surface area contributed by atoms with Gasteiger partial charge in [0, 0.05) is 0 Å². The first-order valence-electron chi connectivity index (χ1n) is 9.61. The minimum absolute atomic E-state index is 0.154. The number of thioether (sulfide) groups is 1. The lowest BCUT2D eigenvalue weighted by Gasteiger charge is -2.21. The maximum absolute atomic E-state index is 13.4. The van der Waals surface area contributed by atoms with E-state index in [4.69, 9.17) is 4.74 Å². The molecule has 0 fully saturated rings. The Morgan fingerprint density at radius 2 is 2.03 bits per heavy atom. The SMILES string of the molecule is CSCCC(NC(=O)COc1ccccc1)C(=O)NC1CCc2cc(F)ccc21. The van der Waals surface area contributed by atoms with Gasteiger partial charge in [0.2, 0.25) is 5.91 Å². The summed E-state index contributed by atoms with van der Waals surface area (Å²) in [6, 6.07) is 12.9. The van der Waals surface area contributed by atoms with Crippen LogP contribution >= 0.6 is 11.8 Å². The van der Waals surface area contributed by atoms with E-state index in [9.17, 15) is 14.0 Å². The number of aryl methyl sites for hydroxylation is 1. The van der Waals surface area contributed by atoms with Gasteiger partial charge in [0.15, 0.2) is 6.61 Å². The van der Waals surface area contributed by atoms with Gasteiger partial charge in [-0.1, -0.05) is 24.3 Å². The van der Waals surface area contributed by atoms with Gasteiger partial charge >= 0.3 is 0 Å². The molecule has 7 heteroatoms. The molecular weight excluding hydrogens is 391 g/mol. The third-order valence-corrected chi connectivity index (χ3v) is 5.52. The largest absolute Gasteiger partial charge is 0.484 e. The second-order valence-corrected chi connectivity index (χ2v) is 7.93. The van der Waals surface area contributed by atoms with E-state index in [-0.39, 0.29) is 30.3 Å². The van der Waals surface area contributed by atoms with Crippen LogP contribution < -0.4 is 15.4 Å². The number of fused-ring (bicyclic) bond motifs is 1. The molecule has 1 aliphatic carbocycles. The molecule has 2 unspecified atom stereocenters. The molecule has 2 N–H and O–H groups in total. The van der Waals surface area contributed by atoms with Crippen LogP contribution in [0, 0.1) is 5.82 Å². The smallest absolute Gasteiger partial charge is 0.258 e. The second-order valence-electron chi connectivity index (χ2n) is 6.95. The van der Waals surface area contributed by atoms with Crippen LogP contribution in [0.1, 0.15) is 30.0 Å². The topological polar surface area (TPSA) is 67.4 Å². The van der Waals surface area contributed by atoms with Crippen molar-refractivity contribution in [2.75, 3.05) is 18.6 Å². The van der Waals surface area contributed by atoms with Crippen molar-refractivity contribution in [1.29, 1.82) is 0 Å². The van der Waals surface area contributed by atoms with E-state index in [1.165, 1.54) is 12.1 Å². The van der Waals surface area contributed by atoms with Crippen LogP contribution in [0.5, 0.6) is 5.75 Å². The molecule has 0 spiro atoms. The Morgan fingerprint density at radius 3 is 2.79 bits per heavy atom. The lowest BCUT2D eigenvalue weighted by atomic mass is 10.1. The molecule has 0 aromatic heterocycles. The predicted molar refractivity (Wildman–Crippen MR) is 112 cm³/mol. The average Bonchev–Trinajstić information content (AvgIpc) is 3.11. The lowest BCUT2D eigenvalue weighted by molar-refractivity contribution is -0.130. The number of benzene rings is 2. The molecule has 0 saturated heterocycles. The molecule has 0 bridgehead atoms. The normalized spacial score (nSPS) is 16.0. The molecule has 2 amide bonds. The van der Waals surface area contributed by atoms with Crippen LogP contribution in [0.15, 0.2) is 48.5 Å². The molecule has 29 heavy (non-hydrogen) atoms. The second kappa shape index (κ2) is 10.3. The van der Waals surface area contributed by atoms with Crippen LogP contribution in [-0.4, -0.2) is 36.5 Å². The van der Waals surface area contributed by atoms with E-state index < -0.39 is 6.04 Å². The standard InChI is InChI=1S/C22H25FN2O3S/c1-29-12-11-20(24-21(26)14-28-17-5-3-2-4-6-17)22(27)25-19-10-7-15-13-16(23)8-9-18(15)19/h2-6,8-9,13,19-20H,7,10-12,14H2,1H3,(H,24,26)(H,25,27). The Balaban J connectivity index is 1.58. The monoisotopic (exact) mass is 416 g/mol. The summed E-state index contributed by atoms with van der Waals surface area (Å²) in [5, 5.41) is 5.80. The molecular formula is C22H25FN2O3S. The van der Waals surface area contributed by atoms with E-state index in [2.05, 4.69) is 10.6 Å². The van der Waals surface area contributed by atoms with Crippen molar-refractivity contribution in [1.82, 2.24) is 10.6 Å². The van der Waals surface area contributed by atoms with E-state index in [0.717, 1.165) is 29.7 Å². The highest BCUT2D eigenvalue weighted by Crippen LogP contribution is 2.31. The van der Waals surface area contributed by atoms with Crippen LogP contribution in [0.25, 0.3) is 0 Å². The summed E-state index contributed by atoms with van der Waals surface area (Å²) in [7, 11) is 0. The predicted octanol–water partition coefficient (Wildman–Crippen LogP) is 3.25. The van der Waals surface area contributed by atoms with Crippen molar-refractivity contribution in [3.8, 4) is 5.75 Å². The van der Waals surface area contributed by atoms with Gasteiger partial charge in [0.05, 0.1) is 6.04 Å². The van der Waals surface area contributed by atoms with Gasteiger partial charge in [-0.2, -0.15) is 11.8 Å². The van der Waals surface area contributed by atoms with E-state index in [0.29, 0.717) is 12.2 Å². The molecule has 0 heterocycles. The number of ether oxygens (including phenoxy) is 1. The quantitative estimate of drug-likeness (QED) is 0.659. The Hall–Kier alpha value is -2.54. The number of carbonyl (C=O) groups excluding carboxylic acids is 2. The summed E-state index contributed by atoms with van der Waals surface area (Å²) < 4.78 is 18.9. The fourth-order valence-electron chi connectivity index (χ4n) is 3.41. The van der Waals surface area contributed by atoms with Crippen molar-refractivity contribution in [2.45, 2.75) is 31.3 Å². The average molecular weight is 417 g/mol. The highest BCUT2D eigenvalue weighted by atomic mass is 32.2. The van der Waals surface area contributed by atoms with E-state index in [1.54, 1.807) is 30.0 Å². The van der Waals surface area contributed by atoms with Crippen LogP contribution in [0.2, 0.25) is 0 Å². The number of nitrogens with one attached hydrogen (secondary N) is 2. The fourth-order valence-corrected chi connectivity index (χ4v) is 3.89. The lowest BCUT2D eigenvalue weighted by Crippen LogP contribution is -2.49. The van der Waals surface area contributed by atoms with Gasteiger partial charge in [-0.05, 0) is 66.7 Å². The molecule has 2 aromatic rings. The summed E-state index contributed by atoms with van der Waals surface area (Å²) in [6.45, 7) is -0.154. The first-order valence-corrected chi connectivity index (χ1v) is 11.0. The number of halogens is 1. The number of amides is 2. The third kappa shape index (κ3) is 5.97. The van der Waals surface area contributed by atoms with Gasteiger partial charge < -0.3 is 15.4 Å². The molecule has 2 atom stereocenters. The summed E-state index contributed by atoms with van der Waals surface area (Å²) in [4.78, 5) is 25.1. The highest BCUT2D eigenvalue weighted by molar-refractivity contribution is 7.98. The first kappa shape index (κ1) is 21.2. The molecule has 0 aliphatic heterocycles. The molecule has 0 radical (unpaired) electrons. The van der Waals surface area contributed by atoms with Crippen molar-refractivity contribution >= 4 is 23.6 Å². The van der Waals surface area contributed by atoms with Crippen LogP contribution in [0.3, 0.4) is 0 Å². The number of hydrogen-bond acceptors (Lipinski definition) is 4. The van der Waals surface area contributed by atoms with E-state index in [1.807, 2.05) is 24.5 Å². The van der Waals surface area contributed by atoms with Crippen molar-refractivity contribution in [2.24, 2.45) is 0 Å². The fraction of sp³-hybridized carbons (Fsp3) is 0.364.